The molecule has 2 aliphatic rings. The van der Waals surface area contributed by atoms with Crippen LogP contribution in [0.3, 0.4) is 0 Å². The summed E-state index contributed by atoms with van der Waals surface area (Å²) in [7, 11) is 0. The molecule has 3 aromatic rings. The van der Waals surface area contributed by atoms with Gasteiger partial charge in [0.2, 0.25) is 11.8 Å². The number of ether oxygens (including phenoxy) is 1. The van der Waals surface area contributed by atoms with E-state index in [4.69, 9.17) is 4.74 Å². The van der Waals surface area contributed by atoms with E-state index in [2.05, 4.69) is 10.6 Å². The summed E-state index contributed by atoms with van der Waals surface area (Å²) in [6, 6.07) is 22.3. The first-order valence-corrected chi connectivity index (χ1v) is 10.5. The third kappa shape index (κ3) is 3.26. The molecule has 2 aliphatic heterocycles. The minimum absolute atomic E-state index is 0.200. The molecule has 2 fully saturated rings. The van der Waals surface area contributed by atoms with Crippen LogP contribution in [0, 0.1) is 11.8 Å². The van der Waals surface area contributed by atoms with Crippen molar-refractivity contribution in [3.05, 3.63) is 83.9 Å². The van der Waals surface area contributed by atoms with Crippen LogP contribution >= 0.6 is 0 Å². The van der Waals surface area contributed by atoms with Crippen LogP contribution in [0.4, 0.5) is 0 Å². The van der Waals surface area contributed by atoms with Crippen LogP contribution in [0.1, 0.15) is 17.2 Å². The van der Waals surface area contributed by atoms with Crippen LogP contribution in [-0.4, -0.2) is 35.0 Å². The van der Waals surface area contributed by atoms with Crippen LogP contribution < -0.4 is 10.6 Å². The zero-order valence-corrected chi connectivity index (χ0v) is 17.2. The molecule has 0 bridgehead atoms. The Morgan fingerprint density at radius 1 is 0.938 bits per heavy atom. The van der Waals surface area contributed by atoms with E-state index in [0.29, 0.717) is 0 Å². The largest absolute Gasteiger partial charge is 0.480 e. The lowest BCUT2D eigenvalue weighted by atomic mass is 9.79. The Labute approximate surface area is 184 Å². The number of fused-ring (bicyclic) bond motifs is 2. The smallest absolute Gasteiger partial charge is 0.327 e. The third-order valence-electron chi connectivity index (χ3n) is 6.45. The highest BCUT2D eigenvalue weighted by Crippen LogP contribution is 2.46. The first-order chi connectivity index (χ1) is 15.5. The van der Waals surface area contributed by atoms with E-state index in [-0.39, 0.29) is 13.2 Å². The average Bonchev–Trinajstić information content (AvgIpc) is 3.31. The molecule has 2 heterocycles. The number of carbonyl (C=O) groups excluding carboxylic acids is 2. The van der Waals surface area contributed by atoms with Gasteiger partial charge >= 0.3 is 5.97 Å². The second-order valence-corrected chi connectivity index (χ2v) is 8.34. The van der Waals surface area contributed by atoms with Crippen LogP contribution in [0.2, 0.25) is 0 Å². The maximum atomic E-state index is 12.7. The maximum Gasteiger partial charge on any atom is 0.327 e. The van der Waals surface area contributed by atoms with Gasteiger partial charge in [-0.25, -0.2) is 0 Å². The number of aliphatic carboxylic acids is 1. The standard InChI is InChI=1S/C25H22N2O5/c28-22-19-20(23(29)26-22)25(24(30)31,14-32-13-15-6-2-1-3-7-15)27-21(19)18-11-10-16-8-4-5-9-17(16)12-18/h1-12,19-21,27H,13-14H2,(H,30,31)(H,26,28,29). The second kappa shape index (κ2) is 7.85. The number of carboxylic acid groups (broad SMARTS) is 1. The molecule has 0 spiro atoms. The number of nitrogens with one attached hydrogen (secondary N) is 2. The average molecular weight is 430 g/mol. The normalized spacial score (nSPS) is 26.8. The highest BCUT2D eigenvalue weighted by Gasteiger charge is 2.66. The van der Waals surface area contributed by atoms with Gasteiger partial charge in [0, 0.05) is 6.04 Å². The summed E-state index contributed by atoms with van der Waals surface area (Å²) in [5, 5.41) is 17.7. The van der Waals surface area contributed by atoms with E-state index < -0.39 is 41.2 Å². The van der Waals surface area contributed by atoms with Crippen molar-refractivity contribution < 1.29 is 24.2 Å². The van der Waals surface area contributed by atoms with Crippen molar-refractivity contribution in [2.24, 2.45) is 11.8 Å². The lowest BCUT2D eigenvalue weighted by Gasteiger charge is -2.29. The molecule has 7 nitrogen and oxygen atoms in total. The molecule has 162 valence electrons. The highest BCUT2D eigenvalue weighted by molar-refractivity contribution is 6.09. The fourth-order valence-corrected chi connectivity index (χ4v) is 4.91. The molecule has 2 amide bonds. The van der Waals surface area contributed by atoms with E-state index in [0.717, 1.165) is 21.9 Å². The maximum absolute atomic E-state index is 12.7. The second-order valence-electron chi connectivity index (χ2n) is 8.34. The number of benzene rings is 3. The van der Waals surface area contributed by atoms with Gasteiger partial charge < -0.3 is 9.84 Å². The Bertz CT molecular complexity index is 1210. The van der Waals surface area contributed by atoms with Crippen LogP contribution in [0.15, 0.2) is 72.8 Å². The number of hydrogen-bond acceptors (Lipinski definition) is 5. The van der Waals surface area contributed by atoms with Crippen LogP contribution in [0.5, 0.6) is 0 Å². The van der Waals surface area contributed by atoms with E-state index in [1.807, 2.05) is 72.8 Å². The Balaban J connectivity index is 1.49. The topological polar surface area (TPSA) is 105 Å². The van der Waals surface area contributed by atoms with Gasteiger partial charge in [0.25, 0.3) is 0 Å². The van der Waals surface area contributed by atoms with E-state index >= 15 is 0 Å². The van der Waals surface area contributed by atoms with Gasteiger partial charge in [-0.2, -0.15) is 0 Å². The molecule has 4 unspecified atom stereocenters. The van der Waals surface area contributed by atoms with Crippen molar-refractivity contribution in [3.8, 4) is 0 Å². The first kappa shape index (κ1) is 20.4. The molecular formula is C25H22N2O5. The number of carbonyl (C=O) groups is 3. The number of hydrogen-bond donors (Lipinski definition) is 3. The van der Waals surface area contributed by atoms with Crippen LogP contribution in [-0.2, 0) is 25.7 Å². The molecule has 0 aliphatic carbocycles. The molecule has 5 rings (SSSR count). The molecule has 0 radical (unpaired) electrons. The number of rotatable bonds is 6. The van der Waals surface area contributed by atoms with E-state index in [1.165, 1.54) is 0 Å². The van der Waals surface area contributed by atoms with Gasteiger partial charge in [-0.1, -0.05) is 66.7 Å². The molecule has 2 saturated heterocycles. The monoisotopic (exact) mass is 430 g/mol. The zero-order valence-electron chi connectivity index (χ0n) is 17.2. The molecule has 0 aromatic heterocycles. The van der Waals surface area contributed by atoms with Gasteiger partial charge in [-0.3, -0.25) is 25.0 Å². The van der Waals surface area contributed by atoms with Gasteiger partial charge in [-0.15, -0.1) is 0 Å². The minimum Gasteiger partial charge on any atom is -0.480 e. The SMILES string of the molecule is O=C1NC(=O)C2C1C(c1ccc3ccccc3c1)NC2(COCc1ccccc1)C(=O)O. The van der Waals surface area contributed by atoms with E-state index in [1.54, 1.807) is 0 Å². The van der Waals surface area contributed by atoms with Crippen molar-refractivity contribution >= 4 is 28.6 Å². The van der Waals surface area contributed by atoms with Crippen molar-refractivity contribution in [2.75, 3.05) is 6.61 Å². The Kier molecular flexibility index (Phi) is 5.00. The summed E-state index contributed by atoms with van der Waals surface area (Å²) in [5.74, 6) is -4.16. The summed E-state index contributed by atoms with van der Waals surface area (Å²) < 4.78 is 5.78. The predicted molar refractivity (Wildman–Crippen MR) is 116 cm³/mol. The van der Waals surface area contributed by atoms with Crippen molar-refractivity contribution in [3.63, 3.8) is 0 Å². The fourth-order valence-electron chi connectivity index (χ4n) is 4.91. The number of imide groups is 1. The Morgan fingerprint density at radius 3 is 2.41 bits per heavy atom. The molecule has 3 aromatic carbocycles. The summed E-state index contributed by atoms with van der Waals surface area (Å²) in [6.45, 7) is -0.0473. The molecule has 4 atom stereocenters. The molecular weight excluding hydrogens is 408 g/mol. The highest BCUT2D eigenvalue weighted by atomic mass is 16.5. The minimum atomic E-state index is -1.72. The molecule has 3 N–H and O–H groups in total. The summed E-state index contributed by atoms with van der Waals surface area (Å²) in [6.07, 6.45) is 0. The zero-order chi connectivity index (χ0) is 22.3. The third-order valence-corrected chi connectivity index (χ3v) is 6.45. The fraction of sp³-hybridized carbons (Fsp3) is 0.240. The summed E-state index contributed by atoms with van der Waals surface area (Å²) in [5.41, 5.74) is -0.0678. The van der Waals surface area contributed by atoms with Gasteiger partial charge in [-0.05, 0) is 28.0 Å². The van der Waals surface area contributed by atoms with Gasteiger partial charge in [0.1, 0.15) is 0 Å². The van der Waals surface area contributed by atoms with Crippen molar-refractivity contribution in [2.45, 2.75) is 18.2 Å². The predicted octanol–water partition coefficient (Wildman–Crippen LogP) is 2.41. The lowest BCUT2D eigenvalue weighted by Crippen LogP contribution is -2.58. The quantitative estimate of drug-likeness (QED) is 0.519. The Hall–Kier alpha value is -3.55. The van der Waals surface area contributed by atoms with Crippen molar-refractivity contribution in [1.29, 1.82) is 0 Å². The number of amides is 2. The summed E-state index contributed by atoms with van der Waals surface area (Å²) in [4.78, 5) is 37.9. The van der Waals surface area contributed by atoms with E-state index in [9.17, 15) is 19.5 Å². The summed E-state index contributed by atoms with van der Waals surface area (Å²) >= 11 is 0. The molecule has 7 heteroatoms. The Morgan fingerprint density at radius 2 is 1.66 bits per heavy atom. The van der Waals surface area contributed by atoms with Gasteiger partial charge in [0.05, 0.1) is 25.0 Å². The lowest BCUT2D eigenvalue weighted by molar-refractivity contribution is -0.152. The first-order valence-electron chi connectivity index (χ1n) is 10.5. The molecule has 0 saturated carbocycles. The molecule has 32 heavy (non-hydrogen) atoms. The number of carboxylic acids is 1. The van der Waals surface area contributed by atoms with Crippen molar-refractivity contribution in [1.82, 2.24) is 10.6 Å². The van der Waals surface area contributed by atoms with Crippen LogP contribution in [0.25, 0.3) is 10.8 Å². The van der Waals surface area contributed by atoms with Gasteiger partial charge in [0.15, 0.2) is 5.54 Å².